The Morgan fingerprint density at radius 1 is 0.804 bits per heavy atom. The molecule has 1 aromatic heterocycles. The maximum atomic E-state index is 13.4. The Bertz CT molecular complexity index is 1460. The molecule has 0 saturated heterocycles. The first-order valence-corrected chi connectivity index (χ1v) is 19.8. The van der Waals surface area contributed by atoms with Crippen LogP contribution in [0.15, 0.2) is 30.5 Å². The van der Waals surface area contributed by atoms with E-state index in [-0.39, 0.29) is 31.6 Å². The number of benzene rings is 1. The van der Waals surface area contributed by atoms with Crippen LogP contribution in [0.4, 0.5) is 0 Å². The number of H-pyrrole nitrogens is 1. The van der Waals surface area contributed by atoms with Crippen LogP contribution in [0.5, 0.6) is 0 Å². The first-order chi connectivity index (χ1) is 24.3. The Labute approximate surface area is 307 Å². The minimum atomic E-state index is -1.17. The first kappa shape index (κ1) is 43.4. The van der Waals surface area contributed by atoms with E-state index < -0.39 is 72.3 Å². The van der Waals surface area contributed by atoms with Gasteiger partial charge in [0.15, 0.2) is 0 Å². The molecule has 0 unspecified atom stereocenters. The number of para-hydroxylation sites is 1. The van der Waals surface area contributed by atoms with Gasteiger partial charge in [-0.3, -0.25) is 24.0 Å². The minimum Gasteiger partial charge on any atom is -0.480 e. The molecule has 2 rings (SSSR count). The Morgan fingerprint density at radius 2 is 1.43 bits per heavy atom. The highest BCUT2D eigenvalue weighted by atomic mass is 32.2. The first-order valence-electron chi connectivity index (χ1n) is 17.0. The van der Waals surface area contributed by atoms with Gasteiger partial charge in [-0.15, -0.1) is 0 Å². The lowest BCUT2D eigenvalue weighted by molar-refractivity contribution is -0.142. The van der Waals surface area contributed by atoms with Crippen molar-refractivity contribution in [3.8, 4) is 0 Å². The van der Waals surface area contributed by atoms with Crippen molar-refractivity contribution >= 4 is 69.9 Å². The molecule has 0 aliphatic carbocycles. The van der Waals surface area contributed by atoms with Crippen LogP contribution in [-0.4, -0.2) is 113 Å². The summed E-state index contributed by atoms with van der Waals surface area (Å²) in [6.07, 6.45) is 7.60. The molecule has 11 N–H and O–H groups in total. The fraction of sp³-hybridized carbons (Fsp3) is 0.588. The molecular formula is C34H54N8O7S2. The molecule has 5 amide bonds. The number of unbranched alkanes of at least 4 members (excludes halogenated alkanes) is 1. The third-order valence-electron chi connectivity index (χ3n) is 8.19. The van der Waals surface area contributed by atoms with Crippen LogP contribution in [0.1, 0.15) is 51.5 Å². The molecule has 0 fully saturated rings. The standard InChI is InChI=1S/C34H54N8O7S2/c1-20(2)29(33(47)41-27(34(48)49)13-16-51-4)42-32(46)26(12-15-50-3)39-28(43)19-38-31(45)25(11-7-8-14-35)40-30(44)23(36)17-21-18-37-24-10-6-5-9-22(21)24/h5-6,9-10,18,20,23,25-27,29,37H,7-8,11-17,19,35-36H2,1-4H3,(H,38,45)(H,39,43)(H,40,44)(H,41,47)(H,42,46)(H,48,49)/t23-,25-,26-,27+,29-/m0/s1. The molecule has 0 radical (unpaired) electrons. The molecule has 1 heterocycles. The zero-order chi connectivity index (χ0) is 37.9. The highest BCUT2D eigenvalue weighted by molar-refractivity contribution is 7.98. The van der Waals surface area contributed by atoms with E-state index >= 15 is 0 Å². The number of aromatic nitrogens is 1. The summed E-state index contributed by atoms with van der Waals surface area (Å²) in [5.41, 5.74) is 13.7. The number of carbonyl (C=O) groups excluding carboxylic acids is 5. The van der Waals surface area contributed by atoms with E-state index in [0.29, 0.717) is 30.9 Å². The number of fused-ring (bicyclic) bond motifs is 1. The van der Waals surface area contributed by atoms with Crippen LogP contribution in [0.3, 0.4) is 0 Å². The van der Waals surface area contributed by atoms with Crippen LogP contribution in [-0.2, 0) is 35.2 Å². The van der Waals surface area contributed by atoms with Crippen molar-refractivity contribution in [3.05, 3.63) is 36.0 Å². The Balaban J connectivity index is 2.04. The summed E-state index contributed by atoms with van der Waals surface area (Å²) < 4.78 is 0. The largest absolute Gasteiger partial charge is 0.480 e. The highest BCUT2D eigenvalue weighted by Gasteiger charge is 2.31. The lowest BCUT2D eigenvalue weighted by Crippen LogP contribution is -2.58. The summed E-state index contributed by atoms with van der Waals surface area (Å²) >= 11 is 2.91. The Hall–Kier alpha value is -3.80. The summed E-state index contributed by atoms with van der Waals surface area (Å²) in [6.45, 7) is 3.36. The molecular weight excluding hydrogens is 697 g/mol. The average Bonchev–Trinajstić information content (AvgIpc) is 3.51. The van der Waals surface area contributed by atoms with Gasteiger partial charge >= 0.3 is 5.97 Å². The predicted molar refractivity (Wildman–Crippen MR) is 202 cm³/mol. The van der Waals surface area contributed by atoms with Crippen molar-refractivity contribution < 1.29 is 33.9 Å². The van der Waals surface area contributed by atoms with Gasteiger partial charge in [0.1, 0.15) is 24.2 Å². The average molecular weight is 751 g/mol. The number of nitrogens with one attached hydrogen (secondary N) is 6. The van der Waals surface area contributed by atoms with Gasteiger partial charge in [0, 0.05) is 17.1 Å². The number of carboxylic acids is 1. The molecule has 17 heteroatoms. The van der Waals surface area contributed by atoms with E-state index in [1.54, 1.807) is 20.0 Å². The molecule has 0 aliphatic heterocycles. The topological polar surface area (TPSA) is 251 Å². The van der Waals surface area contributed by atoms with Gasteiger partial charge in [-0.25, -0.2) is 4.79 Å². The third-order valence-corrected chi connectivity index (χ3v) is 9.48. The number of carbonyl (C=O) groups is 6. The number of carboxylic acid groups (broad SMARTS) is 1. The van der Waals surface area contributed by atoms with Gasteiger partial charge in [-0.2, -0.15) is 23.5 Å². The second-order valence-corrected chi connectivity index (χ2v) is 14.5. The van der Waals surface area contributed by atoms with Gasteiger partial charge in [-0.05, 0) is 86.6 Å². The molecule has 2 aromatic rings. The van der Waals surface area contributed by atoms with E-state index in [1.165, 1.54) is 23.5 Å². The minimum absolute atomic E-state index is 0.217. The molecule has 0 bridgehead atoms. The van der Waals surface area contributed by atoms with Crippen LogP contribution in [0.2, 0.25) is 0 Å². The van der Waals surface area contributed by atoms with Crippen molar-refractivity contribution in [1.29, 1.82) is 0 Å². The van der Waals surface area contributed by atoms with Crippen molar-refractivity contribution in [1.82, 2.24) is 31.6 Å². The lowest BCUT2D eigenvalue weighted by Gasteiger charge is -2.26. The fourth-order valence-corrected chi connectivity index (χ4v) is 6.20. The van der Waals surface area contributed by atoms with Crippen LogP contribution < -0.4 is 38.1 Å². The van der Waals surface area contributed by atoms with Crippen molar-refractivity contribution in [2.24, 2.45) is 17.4 Å². The molecule has 0 saturated carbocycles. The zero-order valence-electron chi connectivity index (χ0n) is 29.8. The van der Waals surface area contributed by atoms with Gasteiger partial charge in [0.2, 0.25) is 29.5 Å². The number of thioether (sulfide) groups is 2. The Kier molecular flexibility index (Phi) is 19.5. The van der Waals surface area contributed by atoms with Crippen LogP contribution in [0.25, 0.3) is 10.9 Å². The number of nitrogens with two attached hydrogens (primary N) is 2. The second kappa shape index (κ2) is 22.9. The highest BCUT2D eigenvalue weighted by Crippen LogP contribution is 2.19. The van der Waals surface area contributed by atoms with Gasteiger partial charge in [-0.1, -0.05) is 32.0 Å². The third kappa shape index (κ3) is 14.8. The van der Waals surface area contributed by atoms with E-state index in [1.807, 2.05) is 36.8 Å². The molecule has 51 heavy (non-hydrogen) atoms. The van der Waals surface area contributed by atoms with Crippen LogP contribution in [0, 0.1) is 5.92 Å². The summed E-state index contributed by atoms with van der Waals surface area (Å²) in [7, 11) is 0. The maximum absolute atomic E-state index is 13.4. The van der Waals surface area contributed by atoms with E-state index in [2.05, 4.69) is 31.6 Å². The number of hydrogen-bond donors (Lipinski definition) is 9. The second-order valence-electron chi connectivity index (χ2n) is 12.5. The molecule has 0 aliphatic rings. The van der Waals surface area contributed by atoms with Crippen molar-refractivity contribution in [2.75, 3.05) is 37.1 Å². The normalized spacial score (nSPS) is 14.2. The maximum Gasteiger partial charge on any atom is 0.326 e. The van der Waals surface area contributed by atoms with E-state index in [4.69, 9.17) is 11.5 Å². The summed E-state index contributed by atoms with van der Waals surface area (Å²) in [5.74, 6) is -3.55. The van der Waals surface area contributed by atoms with E-state index in [0.717, 1.165) is 16.5 Å². The Morgan fingerprint density at radius 3 is 2.06 bits per heavy atom. The lowest BCUT2D eigenvalue weighted by atomic mass is 10.0. The van der Waals surface area contributed by atoms with Crippen molar-refractivity contribution in [2.45, 2.75) is 82.6 Å². The summed E-state index contributed by atoms with van der Waals surface area (Å²) in [4.78, 5) is 80.6. The molecule has 15 nitrogen and oxygen atoms in total. The molecule has 1 aromatic carbocycles. The van der Waals surface area contributed by atoms with E-state index in [9.17, 15) is 33.9 Å². The van der Waals surface area contributed by atoms with Gasteiger partial charge < -0.3 is 48.1 Å². The summed E-state index contributed by atoms with van der Waals surface area (Å²) in [5, 5.41) is 23.6. The predicted octanol–water partition coefficient (Wildman–Crippen LogP) is 0.469. The van der Waals surface area contributed by atoms with Crippen molar-refractivity contribution in [3.63, 3.8) is 0 Å². The fourth-order valence-electron chi connectivity index (χ4n) is 5.25. The smallest absolute Gasteiger partial charge is 0.326 e. The summed E-state index contributed by atoms with van der Waals surface area (Å²) in [6, 6.07) is 2.53. The SMILES string of the molecule is CSCC[C@H](NC(=O)CNC(=O)[C@H](CCCCN)NC(=O)[C@@H](N)Cc1c[nH]c2ccccc12)C(=O)N[C@H](C(=O)N[C@H](CCSC)C(=O)O)C(C)C. The number of rotatable bonds is 24. The number of hydrogen-bond acceptors (Lipinski definition) is 10. The molecule has 284 valence electrons. The quantitative estimate of drug-likeness (QED) is 0.0667. The molecule has 0 spiro atoms. The monoisotopic (exact) mass is 750 g/mol. The van der Waals surface area contributed by atoms with Gasteiger partial charge in [0.05, 0.1) is 12.6 Å². The zero-order valence-corrected chi connectivity index (χ0v) is 31.4. The van der Waals surface area contributed by atoms with Gasteiger partial charge in [0.25, 0.3) is 0 Å². The number of amides is 5. The molecule has 5 atom stereocenters. The van der Waals surface area contributed by atoms with Crippen LogP contribution >= 0.6 is 23.5 Å². The number of aliphatic carboxylic acids is 1. The number of aromatic amines is 1.